The molecule has 0 aliphatic heterocycles. The second kappa shape index (κ2) is 7.43. The molecule has 0 saturated heterocycles. The summed E-state index contributed by atoms with van der Waals surface area (Å²) in [6.07, 6.45) is -4.66. The van der Waals surface area contributed by atoms with Gasteiger partial charge in [-0.2, -0.15) is 13.2 Å². The molecular formula is C16H17ClF3N3O3S. The molecule has 11 heteroatoms. The van der Waals surface area contributed by atoms with E-state index >= 15 is 0 Å². The first kappa shape index (κ1) is 21.1. The highest BCUT2D eigenvalue weighted by molar-refractivity contribution is 7.92. The number of rotatable bonds is 5. The number of benzene rings is 1. The smallest absolute Gasteiger partial charge is 0.361 e. The third-order valence-electron chi connectivity index (χ3n) is 3.68. The zero-order valence-corrected chi connectivity index (χ0v) is 16.2. The number of aromatic nitrogens is 1. The summed E-state index contributed by atoms with van der Waals surface area (Å²) in [5.41, 5.74) is -0.722. The number of aromatic amines is 1. The maximum Gasteiger partial charge on any atom is 0.417 e. The number of sulfonamides is 1. The average Bonchev–Trinajstić information content (AvgIpc) is 2.81. The SMILES string of the molecule is CCNC(=O)c1c(C)[nH]c(C)c1S(=O)(=O)Nc1ccc(C(F)(F)F)c(Cl)c1. The van der Waals surface area contributed by atoms with Crippen LogP contribution >= 0.6 is 11.6 Å². The van der Waals surface area contributed by atoms with Gasteiger partial charge >= 0.3 is 6.18 Å². The number of H-pyrrole nitrogens is 1. The summed E-state index contributed by atoms with van der Waals surface area (Å²) in [5.74, 6) is -0.579. The summed E-state index contributed by atoms with van der Waals surface area (Å²) in [6.45, 7) is 5.00. The van der Waals surface area contributed by atoms with Crippen molar-refractivity contribution < 1.29 is 26.4 Å². The number of anilines is 1. The molecule has 3 N–H and O–H groups in total. The zero-order chi connectivity index (χ0) is 20.6. The number of hydrogen-bond donors (Lipinski definition) is 3. The fourth-order valence-electron chi connectivity index (χ4n) is 2.63. The molecule has 0 fully saturated rings. The van der Waals surface area contributed by atoms with Crippen LogP contribution in [0.1, 0.15) is 34.2 Å². The van der Waals surface area contributed by atoms with Crippen LogP contribution in [0.4, 0.5) is 18.9 Å². The Balaban J connectivity index is 2.47. The minimum absolute atomic E-state index is 0.0557. The quantitative estimate of drug-likeness (QED) is 0.682. The maximum atomic E-state index is 12.8. The van der Waals surface area contributed by atoms with Gasteiger partial charge in [-0.3, -0.25) is 9.52 Å². The van der Waals surface area contributed by atoms with Crippen LogP contribution in [0.5, 0.6) is 0 Å². The summed E-state index contributed by atoms with van der Waals surface area (Å²) in [6, 6.07) is 2.50. The van der Waals surface area contributed by atoms with Gasteiger partial charge in [0, 0.05) is 17.9 Å². The molecule has 0 aliphatic carbocycles. The highest BCUT2D eigenvalue weighted by atomic mass is 35.5. The van der Waals surface area contributed by atoms with Crippen molar-refractivity contribution in [3.8, 4) is 0 Å². The minimum Gasteiger partial charge on any atom is -0.361 e. The van der Waals surface area contributed by atoms with E-state index in [9.17, 15) is 26.4 Å². The number of hydrogen-bond acceptors (Lipinski definition) is 3. The van der Waals surface area contributed by atoms with Gasteiger partial charge in [0.05, 0.1) is 21.8 Å². The fourth-order valence-corrected chi connectivity index (χ4v) is 4.43. The second-order valence-corrected chi connectivity index (χ2v) is 7.76. The van der Waals surface area contributed by atoms with E-state index in [-0.39, 0.29) is 21.8 Å². The Morgan fingerprint density at radius 3 is 2.37 bits per heavy atom. The Hall–Kier alpha value is -2.20. The predicted molar refractivity (Wildman–Crippen MR) is 95.5 cm³/mol. The van der Waals surface area contributed by atoms with E-state index in [0.29, 0.717) is 18.3 Å². The monoisotopic (exact) mass is 423 g/mol. The molecular weight excluding hydrogens is 407 g/mol. The summed E-state index contributed by atoms with van der Waals surface area (Å²) < 4.78 is 66.1. The first-order valence-electron chi connectivity index (χ1n) is 7.75. The number of nitrogens with one attached hydrogen (secondary N) is 3. The molecule has 0 aliphatic rings. The number of alkyl halides is 3. The van der Waals surface area contributed by atoms with Gasteiger partial charge in [0.25, 0.3) is 15.9 Å². The predicted octanol–water partition coefficient (Wildman–Crippen LogP) is 3.85. The molecule has 0 saturated carbocycles. The first-order chi connectivity index (χ1) is 12.4. The van der Waals surface area contributed by atoms with Gasteiger partial charge in [-0.05, 0) is 39.0 Å². The fraction of sp³-hybridized carbons (Fsp3) is 0.312. The second-order valence-electron chi connectivity index (χ2n) is 5.74. The van der Waals surface area contributed by atoms with Gasteiger partial charge in [0.1, 0.15) is 4.90 Å². The zero-order valence-electron chi connectivity index (χ0n) is 14.6. The molecule has 2 rings (SSSR count). The molecule has 2 aromatic rings. The Labute approximate surface area is 159 Å². The Bertz CT molecular complexity index is 985. The van der Waals surface area contributed by atoms with Crippen molar-refractivity contribution in [2.45, 2.75) is 31.8 Å². The number of carbonyl (C=O) groups excluding carboxylic acids is 1. The van der Waals surface area contributed by atoms with Crippen molar-refractivity contribution in [3.63, 3.8) is 0 Å². The molecule has 27 heavy (non-hydrogen) atoms. The largest absolute Gasteiger partial charge is 0.417 e. The topological polar surface area (TPSA) is 91.1 Å². The lowest BCUT2D eigenvalue weighted by Crippen LogP contribution is -2.26. The van der Waals surface area contributed by atoms with Crippen LogP contribution in [-0.4, -0.2) is 25.9 Å². The third-order valence-corrected chi connectivity index (χ3v) is 5.54. The molecule has 1 aromatic carbocycles. The Morgan fingerprint density at radius 1 is 1.22 bits per heavy atom. The van der Waals surface area contributed by atoms with Crippen LogP contribution in [0.15, 0.2) is 23.1 Å². The van der Waals surface area contributed by atoms with Crippen molar-refractivity contribution in [2.75, 3.05) is 11.3 Å². The summed E-state index contributed by atoms with van der Waals surface area (Å²) >= 11 is 5.62. The molecule has 0 atom stereocenters. The van der Waals surface area contributed by atoms with Crippen LogP contribution in [0.3, 0.4) is 0 Å². The molecule has 148 valence electrons. The molecule has 6 nitrogen and oxygen atoms in total. The van der Waals surface area contributed by atoms with Gasteiger partial charge in [-0.1, -0.05) is 11.6 Å². The summed E-state index contributed by atoms with van der Waals surface area (Å²) in [4.78, 5) is 14.8. The van der Waals surface area contributed by atoms with Gasteiger partial charge in [-0.25, -0.2) is 8.42 Å². The Morgan fingerprint density at radius 2 is 1.85 bits per heavy atom. The Kier molecular flexibility index (Phi) is 5.81. The van der Waals surface area contributed by atoms with E-state index in [1.54, 1.807) is 13.8 Å². The van der Waals surface area contributed by atoms with Gasteiger partial charge in [0.2, 0.25) is 0 Å². The highest BCUT2D eigenvalue weighted by Crippen LogP contribution is 2.36. The normalized spacial score (nSPS) is 12.1. The molecule has 0 radical (unpaired) electrons. The van der Waals surface area contributed by atoms with E-state index in [4.69, 9.17) is 11.6 Å². The standard InChI is InChI=1S/C16H17ClF3N3O3S/c1-4-21-15(24)13-8(2)22-9(3)14(13)27(25,26)23-10-5-6-11(12(17)7-10)16(18,19)20/h5-7,22-23H,4H2,1-3H3,(H,21,24). The van der Waals surface area contributed by atoms with Crippen molar-refractivity contribution in [2.24, 2.45) is 0 Å². The van der Waals surface area contributed by atoms with Gasteiger partial charge < -0.3 is 10.3 Å². The van der Waals surface area contributed by atoms with Gasteiger partial charge in [0.15, 0.2) is 0 Å². The molecule has 0 spiro atoms. The molecule has 1 heterocycles. The number of amides is 1. The highest BCUT2D eigenvalue weighted by Gasteiger charge is 2.34. The summed E-state index contributed by atoms with van der Waals surface area (Å²) in [5, 5.41) is 1.88. The van der Waals surface area contributed by atoms with Crippen LogP contribution in [0.2, 0.25) is 5.02 Å². The van der Waals surface area contributed by atoms with E-state index in [0.717, 1.165) is 12.1 Å². The first-order valence-corrected chi connectivity index (χ1v) is 9.61. The lowest BCUT2D eigenvalue weighted by Gasteiger charge is -2.13. The van der Waals surface area contributed by atoms with E-state index < -0.39 is 32.7 Å². The van der Waals surface area contributed by atoms with Crippen LogP contribution in [0, 0.1) is 13.8 Å². The lowest BCUT2D eigenvalue weighted by molar-refractivity contribution is -0.137. The molecule has 0 unspecified atom stereocenters. The van der Waals surface area contributed by atoms with Crippen LogP contribution < -0.4 is 10.0 Å². The number of carbonyl (C=O) groups is 1. The minimum atomic E-state index is -4.66. The molecule has 0 bridgehead atoms. The van der Waals surface area contributed by atoms with Crippen molar-refractivity contribution in [1.29, 1.82) is 0 Å². The van der Waals surface area contributed by atoms with E-state index in [1.165, 1.54) is 6.92 Å². The van der Waals surface area contributed by atoms with E-state index in [1.807, 2.05) is 0 Å². The average molecular weight is 424 g/mol. The van der Waals surface area contributed by atoms with Crippen molar-refractivity contribution in [1.82, 2.24) is 10.3 Å². The van der Waals surface area contributed by atoms with E-state index in [2.05, 4.69) is 15.0 Å². The molecule has 1 aromatic heterocycles. The number of halogens is 4. The maximum absolute atomic E-state index is 12.8. The van der Waals surface area contributed by atoms with Crippen molar-refractivity contribution in [3.05, 3.63) is 45.7 Å². The van der Waals surface area contributed by atoms with Crippen LogP contribution in [-0.2, 0) is 16.2 Å². The lowest BCUT2D eigenvalue weighted by atomic mass is 10.2. The molecule has 1 amide bonds. The van der Waals surface area contributed by atoms with Gasteiger partial charge in [-0.15, -0.1) is 0 Å². The number of aryl methyl sites for hydroxylation is 2. The summed E-state index contributed by atoms with van der Waals surface area (Å²) in [7, 11) is -4.26. The van der Waals surface area contributed by atoms with Crippen LogP contribution in [0.25, 0.3) is 0 Å². The third kappa shape index (κ3) is 4.38. The van der Waals surface area contributed by atoms with Crippen molar-refractivity contribution >= 4 is 33.2 Å².